The van der Waals surface area contributed by atoms with E-state index in [2.05, 4.69) is 10.2 Å². The Hall–Kier alpha value is -1.54. The number of nitrogens with zero attached hydrogens (tertiary/aromatic N) is 1. The number of carbonyl (C=O) groups excluding carboxylic acids is 1. The van der Waals surface area contributed by atoms with Gasteiger partial charge in [-0.05, 0) is 49.3 Å². The zero-order valence-corrected chi connectivity index (χ0v) is 18.9. The van der Waals surface area contributed by atoms with E-state index in [1.807, 2.05) is 0 Å². The number of benzene rings is 1. The van der Waals surface area contributed by atoms with Crippen LogP contribution in [0.1, 0.15) is 56.9 Å². The third-order valence-electron chi connectivity index (χ3n) is 7.12. The lowest BCUT2D eigenvalue weighted by Gasteiger charge is -2.45. The number of β-amino-alcohol motifs (C(OH)–C–C–N with tert-alkyl or cyclic N) is 1. The topological polar surface area (TPSA) is 71.0 Å². The van der Waals surface area contributed by atoms with E-state index >= 15 is 0 Å². The largest absolute Gasteiger partial charge is 0.389 e. The number of amides is 1. The molecule has 1 aliphatic carbocycles. The standard InChI is InChI=1S/C25H37FN2O4/c26-20-8-6-18(7-9-20)13-27-25(30)12-22-10-11-23-24(32-22)17-31-16-21(29)15-28(23)14-19-4-2-1-3-5-19/h6-9,19,21-24,29H,1-5,10-17H2,(H,27,30)/t21-,22-,23+,24-/m1/s1. The van der Waals surface area contributed by atoms with Gasteiger partial charge in [0.15, 0.2) is 0 Å². The van der Waals surface area contributed by atoms with Gasteiger partial charge in [0, 0.05) is 25.7 Å². The summed E-state index contributed by atoms with van der Waals surface area (Å²) in [5.74, 6) is 0.364. The van der Waals surface area contributed by atoms with Crippen LogP contribution in [0.3, 0.4) is 0 Å². The lowest BCUT2D eigenvalue weighted by molar-refractivity contribution is -0.158. The maximum absolute atomic E-state index is 13.0. The summed E-state index contributed by atoms with van der Waals surface area (Å²) in [5.41, 5.74) is 0.870. The van der Waals surface area contributed by atoms with E-state index < -0.39 is 6.10 Å². The lowest BCUT2D eigenvalue weighted by atomic mass is 9.87. The van der Waals surface area contributed by atoms with Crippen molar-refractivity contribution in [3.8, 4) is 0 Å². The molecular weight excluding hydrogens is 411 g/mol. The molecule has 4 atom stereocenters. The number of carbonyl (C=O) groups is 1. The molecule has 7 heteroatoms. The van der Waals surface area contributed by atoms with Crippen LogP contribution in [0.25, 0.3) is 0 Å². The Morgan fingerprint density at radius 1 is 1.09 bits per heavy atom. The summed E-state index contributed by atoms with van der Waals surface area (Å²) in [6.45, 7) is 2.81. The zero-order valence-electron chi connectivity index (χ0n) is 18.9. The second-order valence-corrected chi connectivity index (χ2v) is 9.70. The van der Waals surface area contributed by atoms with Gasteiger partial charge in [-0.2, -0.15) is 0 Å². The Morgan fingerprint density at radius 3 is 2.66 bits per heavy atom. The fourth-order valence-corrected chi connectivity index (χ4v) is 5.44. The van der Waals surface area contributed by atoms with E-state index in [0.717, 1.165) is 24.9 Å². The van der Waals surface area contributed by atoms with Gasteiger partial charge in [0.25, 0.3) is 0 Å². The first kappa shape index (κ1) is 23.6. The first-order chi connectivity index (χ1) is 15.6. The van der Waals surface area contributed by atoms with Crippen molar-refractivity contribution in [2.45, 2.75) is 82.3 Å². The van der Waals surface area contributed by atoms with E-state index in [9.17, 15) is 14.3 Å². The second kappa shape index (κ2) is 11.5. The molecule has 0 radical (unpaired) electrons. The Morgan fingerprint density at radius 2 is 1.88 bits per heavy atom. The van der Waals surface area contributed by atoms with E-state index in [-0.39, 0.29) is 30.0 Å². The van der Waals surface area contributed by atoms with E-state index in [1.165, 1.54) is 44.2 Å². The minimum absolute atomic E-state index is 0.0565. The average Bonchev–Trinajstić information content (AvgIpc) is 2.78. The van der Waals surface area contributed by atoms with Crippen LogP contribution in [0.4, 0.5) is 4.39 Å². The normalized spacial score (nSPS) is 30.2. The number of rotatable bonds is 6. The number of hydrogen-bond acceptors (Lipinski definition) is 5. The third-order valence-corrected chi connectivity index (χ3v) is 7.12. The minimum Gasteiger partial charge on any atom is -0.389 e. The first-order valence-corrected chi connectivity index (χ1v) is 12.2. The van der Waals surface area contributed by atoms with Crippen molar-refractivity contribution >= 4 is 5.91 Å². The van der Waals surface area contributed by atoms with Crippen LogP contribution in [-0.4, -0.2) is 66.6 Å². The van der Waals surface area contributed by atoms with Crippen molar-refractivity contribution in [1.29, 1.82) is 0 Å². The highest BCUT2D eigenvalue weighted by Gasteiger charge is 2.38. The molecule has 0 spiro atoms. The molecule has 0 bridgehead atoms. The van der Waals surface area contributed by atoms with E-state index in [4.69, 9.17) is 9.47 Å². The number of nitrogens with one attached hydrogen (secondary N) is 1. The monoisotopic (exact) mass is 448 g/mol. The number of hydrogen-bond donors (Lipinski definition) is 2. The molecular formula is C25H37FN2O4. The highest BCUT2D eigenvalue weighted by Crippen LogP contribution is 2.31. The fourth-order valence-electron chi connectivity index (χ4n) is 5.44. The number of aliphatic hydroxyl groups is 1. The highest BCUT2D eigenvalue weighted by atomic mass is 19.1. The van der Waals surface area contributed by atoms with Crippen molar-refractivity contribution in [2.24, 2.45) is 5.92 Å². The molecule has 2 N–H and O–H groups in total. The quantitative estimate of drug-likeness (QED) is 0.700. The van der Waals surface area contributed by atoms with Gasteiger partial charge in [0.05, 0.1) is 37.9 Å². The fraction of sp³-hybridized carbons (Fsp3) is 0.720. The van der Waals surface area contributed by atoms with Crippen molar-refractivity contribution in [3.05, 3.63) is 35.6 Å². The Labute approximate surface area is 190 Å². The molecule has 32 heavy (non-hydrogen) atoms. The SMILES string of the molecule is O=C(C[C@H]1CC[C@H]2[C@@H](COC[C@H](O)CN2CC2CCCCC2)O1)NCc1ccc(F)cc1. The first-order valence-electron chi connectivity index (χ1n) is 12.2. The van der Waals surface area contributed by atoms with Crippen LogP contribution in [0.5, 0.6) is 0 Å². The summed E-state index contributed by atoms with van der Waals surface area (Å²) in [6.07, 6.45) is 7.93. The molecule has 3 fully saturated rings. The number of fused-ring (bicyclic) bond motifs is 1. The van der Waals surface area contributed by atoms with Crippen LogP contribution in [0, 0.1) is 11.7 Å². The van der Waals surface area contributed by atoms with Crippen molar-refractivity contribution < 1.29 is 23.8 Å². The average molecular weight is 449 g/mol. The molecule has 1 aromatic carbocycles. The van der Waals surface area contributed by atoms with Gasteiger partial charge in [-0.3, -0.25) is 9.69 Å². The maximum Gasteiger partial charge on any atom is 0.222 e. The van der Waals surface area contributed by atoms with Crippen LogP contribution in [0.2, 0.25) is 0 Å². The number of ether oxygens (including phenoxy) is 2. The smallest absolute Gasteiger partial charge is 0.222 e. The molecule has 2 aliphatic heterocycles. The highest BCUT2D eigenvalue weighted by molar-refractivity contribution is 5.76. The molecule has 6 nitrogen and oxygen atoms in total. The minimum atomic E-state index is -0.463. The maximum atomic E-state index is 13.0. The molecule has 0 unspecified atom stereocenters. The lowest BCUT2D eigenvalue weighted by Crippen LogP contribution is -2.56. The summed E-state index contributed by atoms with van der Waals surface area (Å²) in [5, 5.41) is 13.3. The van der Waals surface area contributed by atoms with Gasteiger partial charge in [-0.25, -0.2) is 4.39 Å². The van der Waals surface area contributed by atoms with E-state index in [0.29, 0.717) is 38.6 Å². The molecule has 4 rings (SSSR count). The predicted octanol–water partition coefficient (Wildman–Crippen LogP) is 3.02. The summed E-state index contributed by atoms with van der Waals surface area (Å²) < 4.78 is 25.1. The summed E-state index contributed by atoms with van der Waals surface area (Å²) in [4.78, 5) is 14.9. The molecule has 2 saturated heterocycles. The third kappa shape index (κ3) is 6.73. The Balaban J connectivity index is 1.29. The van der Waals surface area contributed by atoms with Gasteiger partial charge in [0.2, 0.25) is 5.91 Å². The van der Waals surface area contributed by atoms with Crippen LogP contribution in [-0.2, 0) is 20.8 Å². The summed E-state index contributed by atoms with van der Waals surface area (Å²) >= 11 is 0. The van der Waals surface area contributed by atoms with Gasteiger partial charge >= 0.3 is 0 Å². The van der Waals surface area contributed by atoms with Crippen molar-refractivity contribution in [2.75, 3.05) is 26.3 Å². The molecule has 1 amide bonds. The second-order valence-electron chi connectivity index (χ2n) is 9.70. The van der Waals surface area contributed by atoms with Crippen molar-refractivity contribution in [3.63, 3.8) is 0 Å². The molecule has 0 aromatic heterocycles. The molecule has 178 valence electrons. The Bertz CT molecular complexity index is 725. The summed E-state index contributed by atoms with van der Waals surface area (Å²) in [7, 11) is 0. The zero-order chi connectivity index (χ0) is 22.3. The van der Waals surface area contributed by atoms with Crippen molar-refractivity contribution in [1.82, 2.24) is 10.2 Å². The van der Waals surface area contributed by atoms with Gasteiger partial charge < -0.3 is 19.9 Å². The van der Waals surface area contributed by atoms with Crippen LogP contribution < -0.4 is 5.32 Å². The van der Waals surface area contributed by atoms with Crippen LogP contribution in [0.15, 0.2) is 24.3 Å². The number of halogens is 1. The molecule has 1 aromatic rings. The van der Waals surface area contributed by atoms with E-state index in [1.54, 1.807) is 12.1 Å². The van der Waals surface area contributed by atoms with Gasteiger partial charge in [-0.15, -0.1) is 0 Å². The van der Waals surface area contributed by atoms with Gasteiger partial charge in [-0.1, -0.05) is 31.4 Å². The molecule has 3 aliphatic rings. The number of aliphatic hydroxyl groups excluding tert-OH is 1. The molecule has 1 saturated carbocycles. The predicted molar refractivity (Wildman–Crippen MR) is 120 cm³/mol. The van der Waals surface area contributed by atoms with Gasteiger partial charge in [0.1, 0.15) is 5.82 Å². The molecule has 2 heterocycles. The van der Waals surface area contributed by atoms with Crippen LogP contribution >= 0.6 is 0 Å². The Kier molecular flexibility index (Phi) is 8.52. The summed E-state index contributed by atoms with van der Waals surface area (Å²) in [6, 6.07) is 6.38.